The minimum absolute atomic E-state index is 0.360. The molecule has 21 heavy (non-hydrogen) atoms. The van der Waals surface area contributed by atoms with Gasteiger partial charge in [-0.25, -0.2) is 18.7 Å². The van der Waals surface area contributed by atoms with Crippen molar-refractivity contribution < 1.29 is 8.78 Å². The van der Waals surface area contributed by atoms with E-state index in [-0.39, 0.29) is 0 Å². The van der Waals surface area contributed by atoms with Crippen LogP contribution >= 0.6 is 11.8 Å². The van der Waals surface area contributed by atoms with Crippen molar-refractivity contribution >= 4 is 17.6 Å². The van der Waals surface area contributed by atoms with Crippen molar-refractivity contribution in [1.82, 2.24) is 9.97 Å². The van der Waals surface area contributed by atoms with Crippen molar-refractivity contribution in [2.45, 2.75) is 35.6 Å². The van der Waals surface area contributed by atoms with Crippen LogP contribution in [0.1, 0.15) is 31.5 Å². The van der Waals surface area contributed by atoms with Crippen LogP contribution in [0.5, 0.6) is 0 Å². The minimum Gasteiger partial charge on any atom is -0.370 e. The first-order valence-corrected chi connectivity index (χ1v) is 7.73. The van der Waals surface area contributed by atoms with E-state index >= 15 is 0 Å². The van der Waals surface area contributed by atoms with E-state index in [0.29, 0.717) is 15.8 Å². The highest BCUT2D eigenvalue weighted by Crippen LogP contribution is 2.40. The summed E-state index contributed by atoms with van der Waals surface area (Å²) in [5, 5.41) is 3.84. The van der Waals surface area contributed by atoms with E-state index in [4.69, 9.17) is 0 Å². The van der Waals surface area contributed by atoms with Gasteiger partial charge in [0.2, 0.25) is 0 Å². The Hall–Kier alpha value is -1.69. The summed E-state index contributed by atoms with van der Waals surface area (Å²) in [6.07, 6.45) is 2.20. The molecule has 6 heteroatoms. The van der Waals surface area contributed by atoms with Crippen LogP contribution in [0, 0.1) is 11.6 Å². The fourth-order valence-electron chi connectivity index (χ4n) is 1.96. The maximum absolute atomic E-state index is 13.7. The van der Waals surface area contributed by atoms with E-state index in [1.807, 2.05) is 6.92 Å². The van der Waals surface area contributed by atoms with E-state index < -0.39 is 11.6 Å². The average Bonchev–Trinajstić information content (AvgIpc) is 3.27. The van der Waals surface area contributed by atoms with Crippen molar-refractivity contribution in [3.63, 3.8) is 0 Å². The molecule has 110 valence electrons. The number of benzene rings is 1. The summed E-state index contributed by atoms with van der Waals surface area (Å²) in [5.41, 5.74) is 0. The lowest BCUT2D eigenvalue weighted by Gasteiger charge is -2.08. The third-order valence-electron chi connectivity index (χ3n) is 3.13. The molecule has 1 aromatic heterocycles. The molecule has 0 unspecified atom stereocenters. The van der Waals surface area contributed by atoms with Crippen LogP contribution in [-0.2, 0) is 0 Å². The van der Waals surface area contributed by atoms with E-state index in [1.165, 1.54) is 23.9 Å². The Morgan fingerprint density at radius 1 is 1.24 bits per heavy atom. The molecule has 1 fully saturated rings. The molecule has 1 saturated carbocycles. The quantitative estimate of drug-likeness (QED) is 0.840. The van der Waals surface area contributed by atoms with Crippen molar-refractivity contribution in [1.29, 1.82) is 0 Å². The monoisotopic (exact) mass is 307 g/mol. The third-order valence-corrected chi connectivity index (χ3v) is 4.10. The number of nitrogens with one attached hydrogen (secondary N) is 1. The third kappa shape index (κ3) is 3.50. The highest BCUT2D eigenvalue weighted by atomic mass is 32.2. The molecule has 1 aromatic carbocycles. The number of halogens is 2. The summed E-state index contributed by atoms with van der Waals surface area (Å²) >= 11 is 1.19. The molecule has 0 bridgehead atoms. The lowest BCUT2D eigenvalue weighted by atomic mass is 10.3. The lowest BCUT2D eigenvalue weighted by Crippen LogP contribution is -2.03. The summed E-state index contributed by atoms with van der Waals surface area (Å²) in [6, 6.07) is 5.36. The fraction of sp³-hybridized carbons (Fsp3) is 0.333. The zero-order chi connectivity index (χ0) is 14.8. The normalized spacial score (nSPS) is 14.2. The standard InChI is InChI=1S/C15H15F2N3S/c1-2-18-13-8-14(20-15(19-13)9-3-4-9)21-12-6-5-10(16)7-11(12)17/h5-9H,2-4H2,1H3,(H,18,19,20). The second kappa shape index (κ2) is 5.97. The topological polar surface area (TPSA) is 37.8 Å². The van der Waals surface area contributed by atoms with Crippen molar-refractivity contribution in [2.24, 2.45) is 0 Å². The van der Waals surface area contributed by atoms with Gasteiger partial charge in [-0.1, -0.05) is 11.8 Å². The first-order valence-electron chi connectivity index (χ1n) is 6.91. The molecule has 0 aliphatic heterocycles. The molecule has 0 spiro atoms. The fourth-order valence-corrected chi connectivity index (χ4v) is 2.79. The van der Waals surface area contributed by atoms with Gasteiger partial charge in [-0.3, -0.25) is 0 Å². The maximum Gasteiger partial charge on any atom is 0.140 e. The zero-order valence-electron chi connectivity index (χ0n) is 11.6. The lowest BCUT2D eigenvalue weighted by molar-refractivity contribution is 0.565. The molecule has 0 saturated heterocycles. The number of hydrogen-bond acceptors (Lipinski definition) is 4. The molecule has 2 aromatic rings. The molecule has 1 N–H and O–H groups in total. The Balaban J connectivity index is 1.89. The number of hydrogen-bond donors (Lipinski definition) is 1. The van der Waals surface area contributed by atoms with E-state index in [2.05, 4.69) is 15.3 Å². The molecular weight excluding hydrogens is 292 g/mol. The molecule has 3 nitrogen and oxygen atoms in total. The number of nitrogens with zero attached hydrogens (tertiary/aromatic N) is 2. The van der Waals surface area contributed by atoms with Gasteiger partial charge in [-0.2, -0.15) is 0 Å². The highest BCUT2D eigenvalue weighted by molar-refractivity contribution is 7.99. The first kappa shape index (κ1) is 14.3. The molecular formula is C15H15F2N3S. The van der Waals surface area contributed by atoms with Crippen molar-refractivity contribution in [3.05, 3.63) is 41.7 Å². The summed E-state index contributed by atoms with van der Waals surface area (Å²) < 4.78 is 26.7. The predicted molar refractivity (Wildman–Crippen MR) is 78.7 cm³/mol. The zero-order valence-corrected chi connectivity index (χ0v) is 12.4. The van der Waals surface area contributed by atoms with Gasteiger partial charge < -0.3 is 5.32 Å². The van der Waals surface area contributed by atoms with E-state index in [1.54, 1.807) is 6.07 Å². The molecule has 1 aliphatic rings. The molecule has 1 aliphatic carbocycles. The van der Waals surface area contributed by atoms with Gasteiger partial charge in [0.1, 0.15) is 28.3 Å². The Kier molecular flexibility index (Phi) is 4.05. The molecule has 0 radical (unpaired) electrons. The Morgan fingerprint density at radius 3 is 2.71 bits per heavy atom. The summed E-state index contributed by atoms with van der Waals surface area (Å²) in [4.78, 5) is 9.32. The number of anilines is 1. The van der Waals surface area contributed by atoms with E-state index in [9.17, 15) is 8.78 Å². The summed E-state index contributed by atoms with van der Waals surface area (Å²) in [7, 11) is 0. The molecule has 0 amide bonds. The van der Waals surface area contributed by atoms with Gasteiger partial charge in [0, 0.05) is 29.5 Å². The Labute approximate surface area is 126 Å². The highest BCUT2D eigenvalue weighted by Gasteiger charge is 2.27. The van der Waals surface area contributed by atoms with Crippen LogP contribution in [0.3, 0.4) is 0 Å². The van der Waals surface area contributed by atoms with Crippen LogP contribution in [0.25, 0.3) is 0 Å². The van der Waals surface area contributed by atoms with Gasteiger partial charge >= 0.3 is 0 Å². The SMILES string of the molecule is CCNc1cc(Sc2ccc(F)cc2F)nc(C2CC2)n1. The van der Waals surface area contributed by atoms with Crippen LogP contribution in [0.4, 0.5) is 14.6 Å². The van der Waals surface area contributed by atoms with Crippen LogP contribution in [0.2, 0.25) is 0 Å². The average molecular weight is 307 g/mol. The first-order chi connectivity index (χ1) is 10.2. The van der Waals surface area contributed by atoms with Gasteiger partial charge in [0.15, 0.2) is 0 Å². The summed E-state index contributed by atoms with van der Waals surface area (Å²) in [6.45, 7) is 2.75. The number of rotatable bonds is 5. The molecule has 1 heterocycles. The van der Waals surface area contributed by atoms with Crippen LogP contribution < -0.4 is 5.32 Å². The predicted octanol–water partition coefficient (Wildman–Crippen LogP) is 4.22. The second-order valence-electron chi connectivity index (χ2n) is 4.93. The minimum atomic E-state index is -0.577. The van der Waals surface area contributed by atoms with Crippen molar-refractivity contribution in [3.8, 4) is 0 Å². The summed E-state index contributed by atoms with van der Waals surface area (Å²) in [5.74, 6) is 0.821. The number of aromatic nitrogens is 2. The second-order valence-corrected chi connectivity index (χ2v) is 5.99. The smallest absolute Gasteiger partial charge is 0.140 e. The largest absolute Gasteiger partial charge is 0.370 e. The van der Waals surface area contributed by atoms with Gasteiger partial charge in [-0.05, 0) is 31.9 Å². The van der Waals surface area contributed by atoms with Gasteiger partial charge in [-0.15, -0.1) is 0 Å². The molecule has 3 rings (SSSR count). The maximum atomic E-state index is 13.7. The molecule has 0 atom stereocenters. The van der Waals surface area contributed by atoms with Crippen LogP contribution in [0.15, 0.2) is 34.2 Å². The van der Waals surface area contributed by atoms with Crippen LogP contribution in [-0.4, -0.2) is 16.5 Å². The Morgan fingerprint density at radius 2 is 2.05 bits per heavy atom. The van der Waals surface area contributed by atoms with Gasteiger partial charge in [0.05, 0.1) is 0 Å². The van der Waals surface area contributed by atoms with E-state index in [0.717, 1.165) is 37.1 Å². The van der Waals surface area contributed by atoms with Crippen molar-refractivity contribution in [2.75, 3.05) is 11.9 Å². The Bertz CT molecular complexity index is 659. The van der Waals surface area contributed by atoms with Gasteiger partial charge in [0.25, 0.3) is 0 Å².